The van der Waals surface area contributed by atoms with Gasteiger partial charge in [-0.1, -0.05) is 29.8 Å². The number of pyridine rings is 1. The molecule has 0 radical (unpaired) electrons. The number of carbonyl (C=O) groups is 1. The summed E-state index contributed by atoms with van der Waals surface area (Å²) in [5.41, 5.74) is 3.31. The summed E-state index contributed by atoms with van der Waals surface area (Å²) >= 11 is 6.73. The first-order valence-electron chi connectivity index (χ1n) is 9.28. The fraction of sp³-hybridized carbons (Fsp3) is 0.217. The SMILES string of the molecule is CN(C)c1ccc(C2(c3ccc(N(C)C)cc3Cl)OC(=O)c3cccnc32)cc1. The number of fused-ring (bicyclic) bond motifs is 1. The number of hydrogen-bond donors (Lipinski definition) is 0. The Morgan fingerprint density at radius 2 is 1.59 bits per heavy atom. The van der Waals surface area contributed by atoms with E-state index in [0.717, 1.165) is 16.9 Å². The standard InChI is InChI=1S/C23H22ClN3O2/c1-26(2)16-9-7-15(8-10-16)23(19-12-11-17(27(3)4)14-20(19)24)21-18(22(28)29-23)6-5-13-25-21/h5-14H,1-4H3. The van der Waals surface area contributed by atoms with Crippen LogP contribution in [0.15, 0.2) is 60.8 Å². The van der Waals surface area contributed by atoms with Crippen molar-refractivity contribution < 1.29 is 9.53 Å². The van der Waals surface area contributed by atoms with Crippen LogP contribution in [-0.4, -0.2) is 39.1 Å². The third-order valence-corrected chi connectivity index (χ3v) is 5.56. The van der Waals surface area contributed by atoms with Gasteiger partial charge in [-0.25, -0.2) is 4.79 Å². The maximum absolute atomic E-state index is 12.8. The van der Waals surface area contributed by atoms with Crippen molar-refractivity contribution in [2.75, 3.05) is 38.0 Å². The second-order valence-electron chi connectivity index (χ2n) is 7.47. The van der Waals surface area contributed by atoms with Gasteiger partial charge >= 0.3 is 5.97 Å². The number of benzene rings is 2. The van der Waals surface area contributed by atoms with Crippen LogP contribution >= 0.6 is 11.6 Å². The van der Waals surface area contributed by atoms with E-state index in [4.69, 9.17) is 16.3 Å². The van der Waals surface area contributed by atoms with Gasteiger partial charge in [0.05, 0.1) is 10.6 Å². The summed E-state index contributed by atoms with van der Waals surface area (Å²) in [4.78, 5) is 21.3. The highest BCUT2D eigenvalue weighted by atomic mass is 35.5. The quantitative estimate of drug-likeness (QED) is 0.602. The summed E-state index contributed by atoms with van der Waals surface area (Å²) in [6.45, 7) is 0. The summed E-state index contributed by atoms with van der Waals surface area (Å²) in [7, 11) is 7.86. The number of ether oxygens (including phenoxy) is 1. The van der Waals surface area contributed by atoms with Gasteiger partial charge in [0.2, 0.25) is 5.60 Å². The predicted molar refractivity (Wildman–Crippen MR) is 116 cm³/mol. The first kappa shape index (κ1) is 19.3. The van der Waals surface area contributed by atoms with Gasteiger partial charge in [-0.05, 0) is 36.4 Å². The van der Waals surface area contributed by atoms with Gasteiger partial charge in [0, 0.05) is 56.9 Å². The zero-order valence-corrected chi connectivity index (χ0v) is 17.6. The van der Waals surface area contributed by atoms with Crippen molar-refractivity contribution in [3.63, 3.8) is 0 Å². The van der Waals surface area contributed by atoms with E-state index in [1.807, 2.05) is 80.5 Å². The molecule has 1 aliphatic rings. The number of nitrogens with zero attached hydrogens (tertiary/aromatic N) is 3. The second kappa shape index (κ2) is 7.08. The summed E-state index contributed by atoms with van der Waals surface area (Å²) in [5.74, 6) is -0.405. The molecule has 4 rings (SSSR count). The number of carbonyl (C=O) groups excluding carboxylic acids is 1. The lowest BCUT2D eigenvalue weighted by atomic mass is 9.82. The van der Waals surface area contributed by atoms with E-state index in [1.165, 1.54) is 0 Å². The molecule has 1 aliphatic heterocycles. The Labute approximate surface area is 175 Å². The highest BCUT2D eigenvalue weighted by Crippen LogP contribution is 2.48. The molecule has 0 bridgehead atoms. The van der Waals surface area contributed by atoms with Crippen LogP contribution in [0, 0.1) is 0 Å². The van der Waals surface area contributed by atoms with E-state index in [9.17, 15) is 4.79 Å². The summed E-state index contributed by atoms with van der Waals surface area (Å²) in [6, 6.07) is 17.1. The Balaban J connectivity index is 1.99. The van der Waals surface area contributed by atoms with Crippen LogP contribution in [0.1, 0.15) is 27.2 Å². The molecule has 148 valence electrons. The third kappa shape index (κ3) is 3.02. The van der Waals surface area contributed by atoms with Crippen LogP contribution in [0.4, 0.5) is 11.4 Å². The molecule has 0 spiro atoms. The molecule has 1 aromatic heterocycles. The number of esters is 1. The number of hydrogen-bond acceptors (Lipinski definition) is 5. The minimum absolute atomic E-state index is 0.405. The van der Waals surface area contributed by atoms with Crippen LogP contribution in [0.25, 0.3) is 0 Å². The first-order chi connectivity index (χ1) is 13.8. The van der Waals surface area contributed by atoms with E-state index in [1.54, 1.807) is 18.3 Å². The molecule has 0 amide bonds. The lowest BCUT2D eigenvalue weighted by molar-refractivity contribution is 0.0244. The highest BCUT2D eigenvalue weighted by Gasteiger charge is 2.51. The fourth-order valence-electron chi connectivity index (χ4n) is 3.69. The average molecular weight is 408 g/mol. The molecule has 2 heterocycles. The maximum Gasteiger partial charge on any atom is 0.341 e. The van der Waals surface area contributed by atoms with Crippen LogP contribution in [-0.2, 0) is 10.3 Å². The molecular weight excluding hydrogens is 386 g/mol. The van der Waals surface area contributed by atoms with Crippen molar-refractivity contribution >= 4 is 28.9 Å². The molecule has 0 N–H and O–H groups in total. The van der Waals surface area contributed by atoms with Gasteiger partial charge in [-0.15, -0.1) is 0 Å². The molecule has 0 aliphatic carbocycles. The minimum Gasteiger partial charge on any atom is -0.439 e. The molecule has 0 saturated heterocycles. The molecule has 5 nitrogen and oxygen atoms in total. The smallest absolute Gasteiger partial charge is 0.341 e. The number of halogens is 1. The molecule has 1 atom stereocenters. The lowest BCUT2D eigenvalue weighted by Crippen LogP contribution is -2.31. The maximum atomic E-state index is 12.8. The Kier molecular flexibility index (Phi) is 4.71. The molecule has 2 aromatic carbocycles. The van der Waals surface area contributed by atoms with Crippen LogP contribution in [0.2, 0.25) is 5.02 Å². The number of anilines is 2. The third-order valence-electron chi connectivity index (χ3n) is 5.25. The summed E-state index contributed by atoms with van der Waals surface area (Å²) in [6.07, 6.45) is 1.67. The van der Waals surface area contributed by atoms with Gasteiger partial charge in [-0.3, -0.25) is 4.98 Å². The van der Waals surface area contributed by atoms with Crippen molar-refractivity contribution in [1.82, 2.24) is 4.98 Å². The zero-order chi connectivity index (χ0) is 20.8. The number of cyclic esters (lactones) is 1. The van der Waals surface area contributed by atoms with Crippen molar-refractivity contribution in [3.05, 3.63) is 88.2 Å². The number of rotatable bonds is 4. The highest BCUT2D eigenvalue weighted by molar-refractivity contribution is 6.32. The molecule has 1 unspecified atom stereocenters. The van der Waals surface area contributed by atoms with Gasteiger partial charge in [0.15, 0.2) is 0 Å². The predicted octanol–water partition coefficient (Wildman–Crippen LogP) is 4.33. The monoisotopic (exact) mass is 407 g/mol. The topological polar surface area (TPSA) is 45.7 Å². The Bertz CT molecular complexity index is 1080. The van der Waals surface area contributed by atoms with Crippen molar-refractivity contribution in [2.24, 2.45) is 0 Å². The van der Waals surface area contributed by atoms with Gasteiger partial charge in [-0.2, -0.15) is 0 Å². The Hall–Kier alpha value is -3.05. The molecule has 29 heavy (non-hydrogen) atoms. The average Bonchev–Trinajstić information content (AvgIpc) is 3.01. The van der Waals surface area contributed by atoms with Crippen LogP contribution in [0.5, 0.6) is 0 Å². The fourth-order valence-corrected chi connectivity index (χ4v) is 4.00. The first-order valence-corrected chi connectivity index (χ1v) is 9.66. The zero-order valence-electron chi connectivity index (χ0n) is 16.8. The van der Waals surface area contributed by atoms with Crippen LogP contribution < -0.4 is 9.80 Å². The molecule has 0 saturated carbocycles. The van der Waals surface area contributed by atoms with E-state index in [2.05, 4.69) is 4.98 Å². The van der Waals surface area contributed by atoms with Crippen LogP contribution in [0.3, 0.4) is 0 Å². The van der Waals surface area contributed by atoms with Gasteiger partial charge in [0.1, 0.15) is 5.69 Å². The number of aromatic nitrogens is 1. The molecule has 6 heteroatoms. The van der Waals surface area contributed by atoms with Crippen molar-refractivity contribution in [2.45, 2.75) is 5.60 Å². The van der Waals surface area contributed by atoms with Crippen molar-refractivity contribution in [1.29, 1.82) is 0 Å². The van der Waals surface area contributed by atoms with E-state index >= 15 is 0 Å². The van der Waals surface area contributed by atoms with Crippen molar-refractivity contribution in [3.8, 4) is 0 Å². The second-order valence-corrected chi connectivity index (χ2v) is 7.88. The van der Waals surface area contributed by atoms with Gasteiger partial charge < -0.3 is 14.5 Å². The Morgan fingerprint density at radius 3 is 2.21 bits per heavy atom. The summed E-state index contributed by atoms with van der Waals surface area (Å²) < 4.78 is 6.06. The van der Waals surface area contributed by atoms with E-state index in [0.29, 0.717) is 21.8 Å². The van der Waals surface area contributed by atoms with Gasteiger partial charge in [0.25, 0.3) is 0 Å². The molecular formula is C23H22ClN3O2. The van der Waals surface area contributed by atoms with E-state index < -0.39 is 11.6 Å². The molecule has 3 aromatic rings. The Morgan fingerprint density at radius 1 is 0.931 bits per heavy atom. The molecule has 0 fully saturated rings. The largest absolute Gasteiger partial charge is 0.439 e. The normalized spacial score (nSPS) is 17.6. The lowest BCUT2D eigenvalue weighted by Gasteiger charge is -2.31. The summed E-state index contributed by atoms with van der Waals surface area (Å²) in [5, 5.41) is 0.513. The minimum atomic E-state index is -1.19. The van der Waals surface area contributed by atoms with E-state index in [-0.39, 0.29) is 0 Å².